The quantitative estimate of drug-likeness (QED) is 0.608. The van der Waals surface area contributed by atoms with Gasteiger partial charge in [0.1, 0.15) is 6.54 Å². The molecule has 4 nitrogen and oxygen atoms in total. The van der Waals surface area contributed by atoms with Gasteiger partial charge in [-0.05, 0) is 18.6 Å². The van der Waals surface area contributed by atoms with Gasteiger partial charge < -0.3 is 16.2 Å². The summed E-state index contributed by atoms with van der Waals surface area (Å²) in [6, 6.07) is 5.46. The molecule has 1 rings (SSSR count). The van der Waals surface area contributed by atoms with Crippen molar-refractivity contribution in [2.45, 2.75) is 6.92 Å². The first-order chi connectivity index (χ1) is 6.11. The molecule has 0 bridgehead atoms. The van der Waals surface area contributed by atoms with Crippen molar-refractivity contribution < 1.29 is 9.90 Å². The Balaban J connectivity index is 2.77. The molecular formula is C9H12N2O2. The lowest BCUT2D eigenvalue weighted by Crippen LogP contribution is -2.13. The van der Waals surface area contributed by atoms with E-state index >= 15 is 0 Å². The highest BCUT2D eigenvalue weighted by atomic mass is 16.4. The molecule has 0 saturated carbocycles. The zero-order valence-electron chi connectivity index (χ0n) is 7.37. The molecule has 0 aromatic heterocycles. The summed E-state index contributed by atoms with van der Waals surface area (Å²) in [4.78, 5) is 10.3. The molecule has 0 fully saturated rings. The molecule has 70 valence electrons. The van der Waals surface area contributed by atoms with Gasteiger partial charge in [0.2, 0.25) is 0 Å². The second-order valence-electron chi connectivity index (χ2n) is 2.78. The third-order valence-corrected chi connectivity index (χ3v) is 1.75. The van der Waals surface area contributed by atoms with Crippen molar-refractivity contribution in [2.24, 2.45) is 0 Å². The molecule has 4 N–H and O–H groups in total. The average Bonchev–Trinajstić information content (AvgIpc) is 2.07. The van der Waals surface area contributed by atoms with E-state index < -0.39 is 5.97 Å². The Morgan fingerprint density at radius 1 is 1.62 bits per heavy atom. The van der Waals surface area contributed by atoms with Crippen LogP contribution in [0.2, 0.25) is 0 Å². The Hall–Kier alpha value is -1.71. The van der Waals surface area contributed by atoms with Crippen LogP contribution in [-0.4, -0.2) is 17.6 Å². The van der Waals surface area contributed by atoms with E-state index in [1.807, 2.05) is 19.1 Å². The molecule has 0 amide bonds. The van der Waals surface area contributed by atoms with Gasteiger partial charge in [-0.15, -0.1) is 0 Å². The van der Waals surface area contributed by atoms with E-state index in [1.54, 1.807) is 6.07 Å². The third kappa shape index (κ3) is 2.37. The van der Waals surface area contributed by atoms with Gasteiger partial charge in [-0.3, -0.25) is 4.79 Å². The fourth-order valence-corrected chi connectivity index (χ4v) is 1.01. The van der Waals surface area contributed by atoms with E-state index in [4.69, 9.17) is 10.8 Å². The maximum Gasteiger partial charge on any atom is 0.322 e. The van der Waals surface area contributed by atoms with Crippen LogP contribution in [0.25, 0.3) is 0 Å². The Kier molecular flexibility index (Phi) is 2.74. The first-order valence-electron chi connectivity index (χ1n) is 3.92. The lowest BCUT2D eigenvalue weighted by atomic mass is 10.2. The molecule has 4 heteroatoms. The van der Waals surface area contributed by atoms with Crippen LogP contribution in [0.15, 0.2) is 18.2 Å². The van der Waals surface area contributed by atoms with E-state index in [1.165, 1.54) is 0 Å². The number of carboxylic acid groups (broad SMARTS) is 1. The summed E-state index contributed by atoms with van der Waals surface area (Å²) >= 11 is 0. The van der Waals surface area contributed by atoms with Crippen molar-refractivity contribution in [3.8, 4) is 0 Å². The van der Waals surface area contributed by atoms with Crippen LogP contribution in [0, 0.1) is 6.92 Å². The maximum atomic E-state index is 10.3. The smallest absolute Gasteiger partial charge is 0.322 e. The van der Waals surface area contributed by atoms with Crippen LogP contribution in [-0.2, 0) is 4.79 Å². The number of benzene rings is 1. The number of nitrogens with two attached hydrogens (primary N) is 1. The number of aliphatic carboxylic acids is 1. The lowest BCUT2D eigenvalue weighted by Gasteiger charge is -2.08. The van der Waals surface area contributed by atoms with Crippen LogP contribution in [0.1, 0.15) is 5.56 Å². The van der Waals surface area contributed by atoms with Crippen LogP contribution in [0.4, 0.5) is 11.4 Å². The summed E-state index contributed by atoms with van der Waals surface area (Å²) in [6.07, 6.45) is 0. The lowest BCUT2D eigenvalue weighted by molar-refractivity contribution is -0.134. The van der Waals surface area contributed by atoms with Crippen molar-refractivity contribution in [1.29, 1.82) is 0 Å². The molecule has 0 atom stereocenters. The van der Waals surface area contributed by atoms with Gasteiger partial charge in [0, 0.05) is 0 Å². The highest BCUT2D eigenvalue weighted by Crippen LogP contribution is 2.21. The van der Waals surface area contributed by atoms with Gasteiger partial charge in [0.25, 0.3) is 0 Å². The van der Waals surface area contributed by atoms with Crippen LogP contribution in [0.5, 0.6) is 0 Å². The minimum Gasteiger partial charge on any atom is -0.480 e. The molecule has 0 aliphatic heterocycles. The predicted molar refractivity (Wildman–Crippen MR) is 51.7 cm³/mol. The molecule has 1 aromatic carbocycles. The molecule has 0 radical (unpaired) electrons. The summed E-state index contributed by atoms with van der Waals surface area (Å²) in [5.74, 6) is -0.902. The number of hydrogen-bond donors (Lipinski definition) is 3. The number of carbonyl (C=O) groups is 1. The number of anilines is 2. The number of hydrogen-bond acceptors (Lipinski definition) is 3. The van der Waals surface area contributed by atoms with E-state index in [-0.39, 0.29) is 6.54 Å². The summed E-state index contributed by atoms with van der Waals surface area (Å²) in [5.41, 5.74) is 7.92. The first-order valence-corrected chi connectivity index (χ1v) is 3.92. The topological polar surface area (TPSA) is 75.3 Å². The van der Waals surface area contributed by atoms with Crippen LogP contribution >= 0.6 is 0 Å². The second-order valence-corrected chi connectivity index (χ2v) is 2.78. The Labute approximate surface area is 76.4 Å². The predicted octanol–water partition coefficient (Wildman–Crippen LogP) is 1.07. The SMILES string of the molecule is Cc1cccc(NCC(=O)O)c1N. The fourth-order valence-electron chi connectivity index (χ4n) is 1.01. The molecular weight excluding hydrogens is 168 g/mol. The minimum absolute atomic E-state index is 0.117. The highest BCUT2D eigenvalue weighted by molar-refractivity contribution is 5.77. The summed E-state index contributed by atoms with van der Waals surface area (Å²) < 4.78 is 0. The molecule has 0 heterocycles. The van der Waals surface area contributed by atoms with Crippen molar-refractivity contribution in [2.75, 3.05) is 17.6 Å². The number of nitrogens with one attached hydrogen (secondary N) is 1. The molecule has 13 heavy (non-hydrogen) atoms. The Morgan fingerprint density at radius 3 is 2.92 bits per heavy atom. The standard InChI is InChI=1S/C9H12N2O2/c1-6-3-2-4-7(9(6)10)11-5-8(12)13/h2-4,11H,5,10H2,1H3,(H,12,13). The zero-order valence-corrected chi connectivity index (χ0v) is 7.37. The highest BCUT2D eigenvalue weighted by Gasteiger charge is 2.02. The summed E-state index contributed by atoms with van der Waals surface area (Å²) in [5, 5.41) is 11.2. The number of aryl methyl sites for hydroxylation is 1. The Bertz CT molecular complexity index is 323. The van der Waals surface area contributed by atoms with Gasteiger partial charge in [0.05, 0.1) is 11.4 Å². The van der Waals surface area contributed by atoms with Crippen molar-refractivity contribution in [1.82, 2.24) is 0 Å². The van der Waals surface area contributed by atoms with Gasteiger partial charge in [-0.1, -0.05) is 12.1 Å². The molecule has 0 unspecified atom stereocenters. The summed E-state index contributed by atoms with van der Waals surface area (Å²) in [6.45, 7) is 1.76. The summed E-state index contributed by atoms with van der Waals surface area (Å²) in [7, 11) is 0. The third-order valence-electron chi connectivity index (χ3n) is 1.75. The molecule has 0 aliphatic rings. The van der Waals surface area contributed by atoms with E-state index in [0.29, 0.717) is 11.4 Å². The zero-order chi connectivity index (χ0) is 9.84. The van der Waals surface area contributed by atoms with Gasteiger partial charge in [-0.25, -0.2) is 0 Å². The maximum absolute atomic E-state index is 10.3. The second kappa shape index (κ2) is 3.80. The average molecular weight is 180 g/mol. The fraction of sp³-hybridized carbons (Fsp3) is 0.222. The first kappa shape index (κ1) is 9.38. The normalized spacial score (nSPS) is 9.62. The number of para-hydroxylation sites is 1. The van der Waals surface area contributed by atoms with Gasteiger partial charge in [-0.2, -0.15) is 0 Å². The van der Waals surface area contributed by atoms with Crippen molar-refractivity contribution in [3.05, 3.63) is 23.8 Å². The number of nitrogen functional groups attached to an aromatic ring is 1. The van der Waals surface area contributed by atoms with E-state index in [9.17, 15) is 4.79 Å². The van der Waals surface area contributed by atoms with Crippen molar-refractivity contribution >= 4 is 17.3 Å². The van der Waals surface area contributed by atoms with Gasteiger partial charge >= 0.3 is 5.97 Å². The minimum atomic E-state index is -0.902. The largest absolute Gasteiger partial charge is 0.480 e. The van der Waals surface area contributed by atoms with E-state index in [0.717, 1.165) is 5.56 Å². The molecule has 0 saturated heterocycles. The van der Waals surface area contributed by atoms with Crippen LogP contribution < -0.4 is 11.1 Å². The van der Waals surface area contributed by atoms with Gasteiger partial charge in [0.15, 0.2) is 0 Å². The monoisotopic (exact) mass is 180 g/mol. The number of rotatable bonds is 3. The number of carboxylic acids is 1. The Morgan fingerprint density at radius 2 is 2.31 bits per heavy atom. The van der Waals surface area contributed by atoms with E-state index in [2.05, 4.69) is 5.32 Å². The molecule has 0 spiro atoms. The van der Waals surface area contributed by atoms with Crippen LogP contribution in [0.3, 0.4) is 0 Å². The molecule has 0 aliphatic carbocycles. The molecule has 1 aromatic rings. The van der Waals surface area contributed by atoms with Crippen molar-refractivity contribution in [3.63, 3.8) is 0 Å².